The Labute approximate surface area is 172 Å². The summed E-state index contributed by atoms with van der Waals surface area (Å²) in [5.74, 6) is 0.0734. The van der Waals surface area contributed by atoms with Gasteiger partial charge in [-0.2, -0.15) is 0 Å². The van der Waals surface area contributed by atoms with Crippen molar-refractivity contribution >= 4 is 22.5 Å². The Balaban J connectivity index is 1.27. The Hall–Kier alpha value is -2.79. The number of piperazine rings is 1. The molecule has 2 aromatic carbocycles. The summed E-state index contributed by atoms with van der Waals surface area (Å²) in [7, 11) is 0. The van der Waals surface area contributed by atoms with E-state index >= 15 is 0 Å². The van der Waals surface area contributed by atoms with Crippen molar-refractivity contribution in [2.45, 2.75) is 26.4 Å². The van der Waals surface area contributed by atoms with E-state index in [1.165, 1.54) is 11.1 Å². The summed E-state index contributed by atoms with van der Waals surface area (Å²) in [6.07, 6.45) is 0. The lowest BCUT2D eigenvalue weighted by molar-refractivity contribution is -0.121. The monoisotopic (exact) mass is 390 g/mol. The van der Waals surface area contributed by atoms with Gasteiger partial charge >= 0.3 is 0 Å². The van der Waals surface area contributed by atoms with Gasteiger partial charge in [0.1, 0.15) is 6.54 Å². The topological polar surface area (TPSA) is 40.5 Å². The number of para-hydroxylation sites is 2. The molecule has 5 nitrogen and oxygen atoms in total. The molecule has 1 atom stereocenters. The van der Waals surface area contributed by atoms with Crippen LogP contribution in [0.15, 0.2) is 60.7 Å². The Kier molecular flexibility index (Phi) is 5.86. The lowest BCUT2D eigenvalue weighted by Gasteiger charge is -2.39. The standard InChI is InChI=1S/C24H30N4O/c1-19-16-21-8-6-7-11-23(21)28(19)18-24(29)25-17-20(2)26-12-14-27(15-13-26)22-9-4-3-5-10-22/h3-11,16,20H,12-15,17-18H2,1-2H3,(H,25,29). The van der Waals surface area contributed by atoms with E-state index in [1.54, 1.807) is 0 Å². The fourth-order valence-corrected chi connectivity index (χ4v) is 4.21. The Morgan fingerprint density at radius 2 is 1.69 bits per heavy atom. The molecule has 1 unspecified atom stereocenters. The van der Waals surface area contributed by atoms with Gasteiger partial charge in [0.15, 0.2) is 0 Å². The normalized spacial score (nSPS) is 16.1. The van der Waals surface area contributed by atoms with E-state index in [-0.39, 0.29) is 5.91 Å². The lowest BCUT2D eigenvalue weighted by Crippen LogP contribution is -2.52. The zero-order valence-corrected chi connectivity index (χ0v) is 17.3. The van der Waals surface area contributed by atoms with E-state index in [2.05, 4.69) is 82.1 Å². The molecule has 0 aliphatic carbocycles. The Morgan fingerprint density at radius 3 is 2.45 bits per heavy atom. The Bertz CT molecular complexity index is 957. The maximum atomic E-state index is 12.6. The second kappa shape index (κ2) is 8.70. The molecular weight excluding hydrogens is 360 g/mol. The summed E-state index contributed by atoms with van der Waals surface area (Å²) in [5.41, 5.74) is 3.53. The smallest absolute Gasteiger partial charge is 0.240 e. The van der Waals surface area contributed by atoms with Gasteiger partial charge in [-0.3, -0.25) is 9.69 Å². The number of benzene rings is 2. The molecule has 0 saturated carbocycles. The number of anilines is 1. The Morgan fingerprint density at radius 1 is 1.00 bits per heavy atom. The van der Waals surface area contributed by atoms with Crippen molar-refractivity contribution in [2.75, 3.05) is 37.6 Å². The number of carbonyl (C=O) groups is 1. The third-order valence-electron chi connectivity index (χ3n) is 5.97. The summed E-state index contributed by atoms with van der Waals surface area (Å²) in [6.45, 7) is 9.40. The highest BCUT2D eigenvalue weighted by atomic mass is 16.1. The molecule has 4 rings (SSSR count). The molecule has 152 valence electrons. The van der Waals surface area contributed by atoms with Crippen LogP contribution in [0.2, 0.25) is 0 Å². The predicted octanol–water partition coefficient (Wildman–Crippen LogP) is 3.28. The number of hydrogen-bond acceptors (Lipinski definition) is 3. The number of aromatic nitrogens is 1. The first-order valence-corrected chi connectivity index (χ1v) is 10.5. The third kappa shape index (κ3) is 4.46. The number of fused-ring (bicyclic) bond motifs is 1. The lowest BCUT2D eigenvalue weighted by atomic mass is 10.2. The number of rotatable bonds is 6. The maximum Gasteiger partial charge on any atom is 0.240 e. The second-order valence-electron chi connectivity index (χ2n) is 7.94. The number of hydrogen-bond donors (Lipinski definition) is 1. The number of nitrogens with zero attached hydrogens (tertiary/aromatic N) is 3. The fourth-order valence-electron chi connectivity index (χ4n) is 4.21. The molecule has 1 aliphatic heterocycles. The predicted molar refractivity (Wildman–Crippen MR) is 119 cm³/mol. The van der Waals surface area contributed by atoms with Crippen LogP contribution in [-0.4, -0.2) is 54.1 Å². The summed E-state index contributed by atoms with van der Waals surface area (Å²) in [5, 5.41) is 4.32. The van der Waals surface area contributed by atoms with E-state index in [0.29, 0.717) is 19.1 Å². The molecule has 1 amide bonds. The van der Waals surface area contributed by atoms with Gasteiger partial charge in [-0.25, -0.2) is 0 Å². The number of aryl methyl sites for hydroxylation is 1. The average molecular weight is 391 g/mol. The van der Waals surface area contributed by atoms with Crippen molar-refractivity contribution in [1.82, 2.24) is 14.8 Å². The minimum atomic E-state index is 0.0734. The zero-order valence-electron chi connectivity index (χ0n) is 17.3. The van der Waals surface area contributed by atoms with E-state index < -0.39 is 0 Å². The molecule has 3 aromatic rings. The molecule has 5 heteroatoms. The van der Waals surface area contributed by atoms with E-state index in [9.17, 15) is 4.79 Å². The third-order valence-corrected chi connectivity index (χ3v) is 5.97. The van der Waals surface area contributed by atoms with Crippen molar-refractivity contribution in [3.8, 4) is 0 Å². The fraction of sp³-hybridized carbons (Fsp3) is 0.375. The molecule has 1 aliphatic rings. The van der Waals surface area contributed by atoms with Crippen molar-refractivity contribution in [1.29, 1.82) is 0 Å². The van der Waals surface area contributed by atoms with Gasteiger partial charge in [-0.05, 0) is 43.5 Å². The minimum absolute atomic E-state index is 0.0734. The first-order chi connectivity index (χ1) is 14.1. The van der Waals surface area contributed by atoms with Crippen LogP contribution in [0.5, 0.6) is 0 Å². The van der Waals surface area contributed by atoms with E-state index in [1.807, 2.05) is 12.1 Å². The van der Waals surface area contributed by atoms with Gasteiger partial charge in [0.05, 0.1) is 0 Å². The number of carbonyl (C=O) groups excluding carboxylic acids is 1. The van der Waals surface area contributed by atoms with Crippen LogP contribution < -0.4 is 10.2 Å². The first-order valence-electron chi connectivity index (χ1n) is 10.5. The molecule has 1 aromatic heterocycles. The van der Waals surface area contributed by atoms with Gasteiger partial charge < -0.3 is 14.8 Å². The molecule has 2 heterocycles. The van der Waals surface area contributed by atoms with Crippen LogP contribution in [0, 0.1) is 6.92 Å². The van der Waals surface area contributed by atoms with Gasteiger partial charge in [-0.15, -0.1) is 0 Å². The molecule has 1 fully saturated rings. The summed E-state index contributed by atoms with van der Waals surface area (Å²) in [4.78, 5) is 17.5. The summed E-state index contributed by atoms with van der Waals surface area (Å²) < 4.78 is 2.09. The molecule has 29 heavy (non-hydrogen) atoms. The van der Waals surface area contributed by atoms with Crippen molar-refractivity contribution in [2.24, 2.45) is 0 Å². The van der Waals surface area contributed by atoms with Gasteiger partial charge in [-0.1, -0.05) is 36.4 Å². The molecule has 1 N–H and O–H groups in total. The van der Waals surface area contributed by atoms with Crippen LogP contribution in [0.1, 0.15) is 12.6 Å². The van der Waals surface area contributed by atoms with E-state index in [0.717, 1.165) is 37.4 Å². The highest BCUT2D eigenvalue weighted by Gasteiger charge is 2.21. The zero-order chi connectivity index (χ0) is 20.2. The second-order valence-corrected chi connectivity index (χ2v) is 7.94. The average Bonchev–Trinajstić information content (AvgIpc) is 3.08. The minimum Gasteiger partial charge on any atom is -0.369 e. The maximum absolute atomic E-state index is 12.6. The van der Waals surface area contributed by atoms with Crippen molar-refractivity contribution in [3.63, 3.8) is 0 Å². The molecule has 1 saturated heterocycles. The number of nitrogens with one attached hydrogen (secondary N) is 1. The van der Waals surface area contributed by atoms with Crippen LogP contribution in [-0.2, 0) is 11.3 Å². The van der Waals surface area contributed by atoms with E-state index in [4.69, 9.17) is 0 Å². The van der Waals surface area contributed by atoms with Crippen LogP contribution >= 0.6 is 0 Å². The van der Waals surface area contributed by atoms with Crippen LogP contribution in [0.25, 0.3) is 10.9 Å². The highest BCUT2D eigenvalue weighted by molar-refractivity contribution is 5.84. The van der Waals surface area contributed by atoms with Crippen LogP contribution in [0.4, 0.5) is 5.69 Å². The largest absolute Gasteiger partial charge is 0.369 e. The van der Waals surface area contributed by atoms with Crippen molar-refractivity contribution in [3.05, 3.63) is 66.4 Å². The SMILES string of the molecule is Cc1cc2ccccc2n1CC(=O)NCC(C)N1CCN(c2ccccc2)CC1. The molecular formula is C24H30N4O. The summed E-state index contributed by atoms with van der Waals surface area (Å²) in [6, 6.07) is 21.3. The quantitative estimate of drug-likeness (QED) is 0.702. The summed E-state index contributed by atoms with van der Waals surface area (Å²) >= 11 is 0. The first kappa shape index (κ1) is 19.5. The highest BCUT2D eigenvalue weighted by Crippen LogP contribution is 2.19. The number of amides is 1. The van der Waals surface area contributed by atoms with Crippen molar-refractivity contribution < 1.29 is 4.79 Å². The van der Waals surface area contributed by atoms with Gasteiger partial charge in [0.2, 0.25) is 5.91 Å². The molecule has 0 radical (unpaired) electrons. The molecule has 0 bridgehead atoms. The van der Waals surface area contributed by atoms with Crippen LogP contribution in [0.3, 0.4) is 0 Å². The van der Waals surface area contributed by atoms with Gasteiger partial charge in [0.25, 0.3) is 0 Å². The van der Waals surface area contributed by atoms with Gasteiger partial charge in [0, 0.05) is 55.7 Å². The molecule has 0 spiro atoms.